The zero-order valence-electron chi connectivity index (χ0n) is 15.7. The third kappa shape index (κ3) is 3.41. The van der Waals surface area contributed by atoms with Crippen LogP contribution in [0.5, 0.6) is 11.6 Å². The molecular weight excluding hydrogens is 360 g/mol. The molecule has 27 heavy (non-hydrogen) atoms. The normalized spacial score (nSPS) is 16.2. The van der Waals surface area contributed by atoms with Crippen LogP contribution >= 0.6 is 11.3 Å². The number of carbonyl (C=O) groups is 1. The molecule has 0 unspecified atom stereocenters. The minimum Gasteiger partial charge on any atom is -0.496 e. The first kappa shape index (κ1) is 17.9. The first-order valence-corrected chi connectivity index (χ1v) is 9.94. The molecule has 6 heteroatoms. The largest absolute Gasteiger partial charge is 0.496 e. The van der Waals surface area contributed by atoms with E-state index in [-0.39, 0.29) is 12.4 Å². The van der Waals surface area contributed by atoms with Crippen molar-refractivity contribution >= 4 is 27.3 Å². The summed E-state index contributed by atoms with van der Waals surface area (Å²) in [6.45, 7) is 4.14. The summed E-state index contributed by atoms with van der Waals surface area (Å²) in [5.74, 6) is 2.04. The minimum atomic E-state index is 0.0179. The van der Waals surface area contributed by atoms with E-state index in [1.165, 1.54) is 16.9 Å². The standard InChI is InChI=1S/C21H22N2O3S/c1-12-4-6-16-18(8-12)27-21-19(16)20(22-11-23-21)26-10-15-9-14(13(2)24)5-7-17(15)25-3/h5,7,9,11-12H,4,6,8,10H2,1-3H3/t12-/m0/s1. The summed E-state index contributed by atoms with van der Waals surface area (Å²) in [5.41, 5.74) is 2.81. The van der Waals surface area contributed by atoms with Gasteiger partial charge in [-0.2, -0.15) is 0 Å². The number of carbonyl (C=O) groups excluding carboxylic acids is 1. The lowest BCUT2D eigenvalue weighted by Gasteiger charge is -2.18. The molecule has 2 aromatic heterocycles. The van der Waals surface area contributed by atoms with E-state index in [4.69, 9.17) is 9.47 Å². The van der Waals surface area contributed by atoms with E-state index in [0.29, 0.717) is 23.1 Å². The van der Waals surface area contributed by atoms with E-state index in [1.54, 1.807) is 43.8 Å². The van der Waals surface area contributed by atoms with Crippen molar-refractivity contribution in [1.29, 1.82) is 0 Å². The van der Waals surface area contributed by atoms with Gasteiger partial charge in [-0.15, -0.1) is 11.3 Å². The molecule has 1 atom stereocenters. The quantitative estimate of drug-likeness (QED) is 0.603. The molecule has 0 bridgehead atoms. The Hall–Kier alpha value is -2.47. The Morgan fingerprint density at radius 2 is 2.19 bits per heavy atom. The van der Waals surface area contributed by atoms with Crippen LogP contribution in [0.1, 0.15) is 46.6 Å². The van der Waals surface area contributed by atoms with Crippen LogP contribution in [0.2, 0.25) is 0 Å². The lowest BCUT2D eigenvalue weighted by Crippen LogP contribution is -2.09. The van der Waals surface area contributed by atoms with Gasteiger partial charge >= 0.3 is 0 Å². The second kappa shape index (κ2) is 7.27. The minimum absolute atomic E-state index is 0.0179. The number of methoxy groups -OCH3 is 1. The van der Waals surface area contributed by atoms with Crippen LogP contribution in [0.4, 0.5) is 0 Å². The third-order valence-corrected chi connectivity index (χ3v) is 6.27. The molecular formula is C21H22N2O3S. The van der Waals surface area contributed by atoms with E-state index in [1.807, 2.05) is 6.07 Å². The number of aromatic nitrogens is 2. The van der Waals surface area contributed by atoms with Crippen LogP contribution in [0.3, 0.4) is 0 Å². The van der Waals surface area contributed by atoms with Crippen molar-refractivity contribution in [2.24, 2.45) is 5.92 Å². The highest BCUT2D eigenvalue weighted by atomic mass is 32.1. The Bertz CT molecular complexity index is 1010. The van der Waals surface area contributed by atoms with Crippen LogP contribution in [-0.4, -0.2) is 22.9 Å². The van der Waals surface area contributed by atoms with Crippen LogP contribution in [-0.2, 0) is 19.4 Å². The predicted octanol–water partition coefficient (Wildman–Crippen LogP) is 4.61. The SMILES string of the molecule is COc1ccc(C(C)=O)cc1COc1ncnc2sc3c(c12)CC[C@H](C)C3. The van der Waals surface area contributed by atoms with Crippen LogP contribution in [0, 0.1) is 5.92 Å². The van der Waals surface area contributed by atoms with Crippen molar-refractivity contribution < 1.29 is 14.3 Å². The predicted molar refractivity (Wildman–Crippen MR) is 106 cm³/mol. The molecule has 0 radical (unpaired) electrons. The Kier molecular flexibility index (Phi) is 4.83. The van der Waals surface area contributed by atoms with E-state index in [0.717, 1.165) is 28.6 Å². The van der Waals surface area contributed by atoms with Gasteiger partial charge in [-0.1, -0.05) is 6.92 Å². The van der Waals surface area contributed by atoms with Crippen molar-refractivity contribution in [2.45, 2.75) is 39.7 Å². The molecule has 0 saturated heterocycles. The van der Waals surface area contributed by atoms with E-state index in [9.17, 15) is 4.79 Å². The molecule has 0 N–H and O–H groups in total. The fraction of sp³-hybridized carbons (Fsp3) is 0.381. The maximum absolute atomic E-state index is 11.7. The number of nitrogens with zero attached hydrogens (tertiary/aromatic N) is 2. The van der Waals surface area contributed by atoms with Gasteiger partial charge in [-0.25, -0.2) is 9.97 Å². The average Bonchev–Trinajstić information content (AvgIpc) is 3.03. The van der Waals surface area contributed by atoms with Crippen molar-refractivity contribution in [3.8, 4) is 11.6 Å². The molecule has 2 heterocycles. The Morgan fingerprint density at radius 3 is 2.96 bits per heavy atom. The second-order valence-corrected chi connectivity index (χ2v) is 8.17. The number of Topliss-reactive ketones (excluding diaryl/α,β-unsaturated/α-hetero) is 1. The maximum Gasteiger partial charge on any atom is 0.225 e. The average molecular weight is 382 g/mol. The van der Waals surface area contributed by atoms with Gasteiger partial charge < -0.3 is 9.47 Å². The Labute approximate surface area is 162 Å². The molecule has 1 aliphatic carbocycles. The zero-order valence-corrected chi connectivity index (χ0v) is 16.6. The second-order valence-electron chi connectivity index (χ2n) is 7.08. The van der Waals surface area contributed by atoms with E-state index < -0.39 is 0 Å². The molecule has 0 fully saturated rings. The summed E-state index contributed by atoms with van der Waals surface area (Å²) in [5, 5.41) is 1.05. The van der Waals surface area contributed by atoms with Gasteiger partial charge in [0.1, 0.15) is 23.5 Å². The van der Waals surface area contributed by atoms with Gasteiger partial charge in [0, 0.05) is 16.0 Å². The number of benzene rings is 1. The van der Waals surface area contributed by atoms with Crippen molar-refractivity contribution in [2.75, 3.05) is 7.11 Å². The van der Waals surface area contributed by atoms with E-state index >= 15 is 0 Å². The maximum atomic E-state index is 11.7. The third-order valence-electron chi connectivity index (χ3n) is 5.11. The van der Waals surface area contributed by atoms with Crippen LogP contribution in [0.25, 0.3) is 10.2 Å². The first-order valence-electron chi connectivity index (χ1n) is 9.12. The van der Waals surface area contributed by atoms with Gasteiger partial charge in [-0.3, -0.25) is 4.79 Å². The molecule has 0 aliphatic heterocycles. The number of aryl methyl sites for hydroxylation is 1. The molecule has 1 aromatic carbocycles. The highest BCUT2D eigenvalue weighted by Gasteiger charge is 2.23. The highest BCUT2D eigenvalue weighted by Crippen LogP contribution is 2.40. The summed E-state index contributed by atoms with van der Waals surface area (Å²) in [6, 6.07) is 5.40. The number of fused-ring (bicyclic) bond motifs is 3. The van der Waals surface area contributed by atoms with Gasteiger partial charge in [0.2, 0.25) is 5.88 Å². The highest BCUT2D eigenvalue weighted by molar-refractivity contribution is 7.18. The lowest BCUT2D eigenvalue weighted by atomic mass is 9.89. The smallest absolute Gasteiger partial charge is 0.225 e. The van der Waals surface area contributed by atoms with E-state index in [2.05, 4.69) is 16.9 Å². The Balaban J connectivity index is 1.67. The summed E-state index contributed by atoms with van der Waals surface area (Å²) < 4.78 is 11.5. The number of rotatable bonds is 5. The first-order chi connectivity index (χ1) is 13.1. The van der Waals surface area contributed by atoms with Gasteiger partial charge in [0.05, 0.1) is 12.5 Å². The molecule has 4 rings (SSSR count). The summed E-state index contributed by atoms with van der Waals surface area (Å²) in [6.07, 6.45) is 4.89. The monoisotopic (exact) mass is 382 g/mol. The van der Waals surface area contributed by atoms with Crippen molar-refractivity contribution in [3.63, 3.8) is 0 Å². The number of ketones is 1. The van der Waals surface area contributed by atoms with Crippen LogP contribution in [0.15, 0.2) is 24.5 Å². The molecule has 1 aliphatic rings. The summed E-state index contributed by atoms with van der Waals surface area (Å²) in [7, 11) is 1.62. The number of thiophene rings is 1. The van der Waals surface area contributed by atoms with Gasteiger partial charge in [0.25, 0.3) is 0 Å². The molecule has 140 valence electrons. The van der Waals surface area contributed by atoms with Crippen molar-refractivity contribution in [1.82, 2.24) is 9.97 Å². The summed E-state index contributed by atoms with van der Waals surface area (Å²) >= 11 is 1.75. The molecule has 3 aromatic rings. The molecule has 0 spiro atoms. The zero-order chi connectivity index (χ0) is 19.0. The van der Waals surface area contributed by atoms with Gasteiger partial charge in [-0.05, 0) is 55.9 Å². The van der Waals surface area contributed by atoms with Gasteiger partial charge in [0.15, 0.2) is 5.78 Å². The Morgan fingerprint density at radius 1 is 1.33 bits per heavy atom. The number of ether oxygens (including phenoxy) is 2. The summed E-state index contributed by atoms with van der Waals surface area (Å²) in [4.78, 5) is 23.0. The molecule has 5 nitrogen and oxygen atoms in total. The fourth-order valence-electron chi connectivity index (χ4n) is 3.61. The van der Waals surface area contributed by atoms with Crippen LogP contribution < -0.4 is 9.47 Å². The topological polar surface area (TPSA) is 61.3 Å². The fourth-order valence-corrected chi connectivity index (χ4v) is 4.95. The lowest BCUT2D eigenvalue weighted by molar-refractivity contribution is 0.101. The number of hydrogen-bond acceptors (Lipinski definition) is 6. The number of hydrogen-bond donors (Lipinski definition) is 0. The molecule has 0 amide bonds. The van der Waals surface area contributed by atoms with Crippen molar-refractivity contribution in [3.05, 3.63) is 46.1 Å². The molecule has 0 saturated carbocycles.